The minimum absolute atomic E-state index is 0.315. The number of rotatable bonds is 4. The maximum Gasteiger partial charge on any atom is 0.143 e. The Kier molecular flexibility index (Phi) is 4.59. The zero-order valence-electron chi connectivity index (χ0n) is 10.8. The maximum atomic E-state index is 13.4. The van der Waals surface area contributed by atoms with Crippen LogP contribution in [0, 0.1) is 17.1 Å². The fourth-order valence-electron chi connectivity index (χ4n) is 1.82. The Morgan fingerprint density at radius 2 is 2.15 bits per heavy atom. The molecule has 0 atom stereocenters. The number of nitriles is 1. The molecule has 0 radical (unpaired) electrons. The van der Waals surface area contributed by atoms with Crippen LogP contribution < -0.4 is 10.1 Å². The number of benzene rings is 2. The van der Waals surface area contributed by atoms with Gasteiger partial charge in [-0.25, -0.2) is 4.39 Å². The molecule has 0 fully saturated rings. The van der Waals surface area contributed by atoms with Gasteiger partial charge >= 0.3 is 0 Å². The Bertz CT molecular complexity index is 667. The Morgan fingerprint density at radius 3 is 2.80 bits per heavy atom. The van der Waals surface area contributed by atoms with Gasteiger partial charge in [0.05, 0.1) is 22.8 Å². The normalized spacial score (nSPS) is 9.90. The van der Waals surface area contributed by atoms with E-state index >= 15 is 0 Å². The highest BCUT2D eigenvalue weighted by molar-refractivity contribution is 9.10. The average molecular weight is 335 g/mol. The SMILES string of the molecule is COc1cccc(C#N)c1NCc1ccc(Br)c(F)c1. The number of methoxy groups -OCH3 is 1. The lowest BCUT2D eigenvalue weighted by Crippen LogP contribution is -2.03. The van der Waals surface area contributed by atoms with Crippen LogP contribution in [0.15, 0.2) is 40.9 Å². The number of anilines is 1. The lowest BCUT2D eigenvalue weighted by atomic mass is 10.1. The zero-order chi connectivity index (χ0) is 14.5. The molecule has 0 spiro atoms. The fourth-order valence-corrected chi connectivity index (χ4v) is 2.06. The number of hydrogen-bond acceptors (Lipinski definition) is 3. The molecule has 102 valence electrons. The maximum absolute atomic E-state index is 13.4. The third-order valence-electron chi connectivity index (χ3n) is 2.82. The van der Waals surface area contributed by atoms with E-state index in [1.807, 2.05) is 6.07 Å². The fraction of sp³-hybridized carbons (Fsp3) is 0.133. The zero-order valence-corrected chi connectivity index (χ0v) is 12.4. The van der Waals surface area contributed by atoms with Crippen molar-refractivity contribution in [1.82, 2.24) is 0 Å². The second-order valence-corrected chi connectivity index (χ2v) is 4.95. The van der Waals surface area contributed by atoms with Crippen LogP contribution in [0.25, 0.3) is 0 Å². The van der Waals surface area contributed by atoms with E-state index in [1.165, 1.54) is 6.07 Å². The van der Waals surface area contributed by atoms with E-state index < -0.39 is 0 Å². The highest BCUT2D eigenvalue weighted by Crippen LogP contribution is 2.28. The molecule has 3 nitrogen and oxygen atoms in total. The average Bonchev–Trinajstić information content (AvgIpc) is 2.48. The highest BCUT2D eigenvalue weighted by atomic mass is 79.9. The Balaban J connectivity index is 2.22. The van der Waals surface area contributed by atoms with E-state index in [1.54, 1.807) is 31.4 Å². The minimum Gasteiger partial charge on any atom is -0.495 e. The molecule has 2 rings (SSSR count). The van der Waals surface area contributed by atoms with Crippen LogP contribution in [-0.2, 0) is 6.54 Å². The molecule has 0 unspecified atom stereocenters. The summed E-state index contributed by atoms with van der Waals surface area (Å²) in [6.07, 6.45) is 0. The molecule has 20 heavy (non-hydrogen) atoms. The monoisotopic (exact) mass is 334 g/mol. The summed E-state index contributed by atoms with van der Waals surface area (Å²) in [6.45, 7) is 0.402. The van der Waals surface area contributed by atoms with Crippen molar-refractivity contribution >= 4 is 21.6 Å². The van der Waals surface area contributed by atoms with Crippen molar-refractivity contribution in [3.8, 4) is 11.8 Å². The second-order valence-electron chi connectivity index (χ2n) is 4.10. The van der Waals surface area contributed by atoms with Gasteiger partial charge in [-0.3, -0.25) is 0 Å². The molecule has 2 aromatic rings. The Labute approximate surface area is 125 Å². The van der Waals surface area contributed by atoms with Crippen LogP contribution in [-0.4, -0.2) is 7.11 Å². The molecule has 2 aromatic carbocycles. The minimum atomic E-state index is -0.315. The molecule has 0 bridgehead atoms. The van der Waals surface area contributed by atoms with E-state index in [0.29, 0.717) is 28.0 Å². The summed E-state index contributed by atoms with van der Waals surface area (Å²) in [7, 11) is 1.54. The molecule has 0 heterocycles. The van der Waals surface area contributed by atoms with Gasteiger partial charge in [-0.2, -0.15) is 5.26 Å². The predicted molar refractivity (Wildman–Crippen MR) is 79.1 cm³/mol. The number of halogens is 2. The van der Waals surface area contributed by atoms with Crippen molar-refractivity contribution in [2.45, 2.75) is 6.54 Å². The van der Waals surface area contributed by atoms with E-state index in [4.69, 9.17) is 10.00 Å². The molecular formula is C15H12BrFN2O. The van der Waals surface area contributed by atoms with E-state index in [-0.39, 0.29) is 5.82 Å². The topological polar surface area (TPSA) is 45.0 Å². The van der Waals surface area contributed by atoms with Gasteiger partial charge in [0, 0.05) is 6.54 Å². The molecule has 0 aliphatic heterocycles. The third kappa shape index (κ3) is 3.09. The molecule has 0 aliphatic rings. The van der Waals surface area contributed by atoms with Gasteiger partial charge in [0.2, 0.25) is 0 Å². The van der Waals surface area contributed by atoms with Gasteiger partial charge in [0.15, 0.2) is 0 Å². The smallest absolute Gasteiger partial charge is 0.143 e. The van der Waals surface area contributed by atoms with Crippen LogP contribution in [0.4, 0.5) is 10.1 Å². The first-order chi connectivity index (χ1) is 9.65. The molecular weight excluding hydrogens is 323 g/mol. The van der Waals surface area contributed by atoms with Crippen LogP contribution in [0.1, 0.15) is 11.1 Å². The van der Waals surface area contributed by atoms with Crippen LogP contribution >= 0.6 is 15.9 Å². The van der Waals surface area contributed by atoms with Gasteiger partial charge in [-0.15, -0.1) is 0 Å². The first-order valence-electron chi connectivity index (χ1n) is 5.90. The van der Waals surface area contributed by atoms with Gasteiger partial charge in [0.25, 0.3) is 0 Å². The van der Waals surface area contributed by atoms with Crippen LogP contribution in [0.5, 0.6) is 5.75 Å². The first kappa shape index (κ1) is 14.4. The van der Waals surface area contributed by atoms with Crippen molar-refractivity contribution in [3.63, 3.8) is 0 Å². The third-order valence-corrected chi connectivity index (χ3v) is 3.46. The Morgan fingerprint density at radius 1 is 1.35 bits per heavy atom. The predicted octanol–water partition coefficient (Wildman–Crippen LogP) is 4.08. The summed E-state index contributed by atoms with van der Waals surface area (Å²) in [5.41, 5.74) is 1.88. The second kappa shape index (κ2) is 6.40. The summed E-state index contributed by atoms with van der Waals surface area (Å²) >= 11 is 3.11. The van der Waals surface area contributed by atoms with Crippen molar-refractivity contribution in [2.75, 3.05) is 12.4 Å². The number of hydrogen-bond donors (Lipinski definition) is 1. The van der Waals surface area contributed by atoms with E-state index in [2.05, 4.69) is 27.3 Å². The number of nitrogens with zero attached hydrogens (tertiary/aromatic N) is 1. The number of nitrogens with one attached hydrogen (secondary N) is 1. The largest absolute Gasteiger partial charge is 0.495 e. The Hall–Kier alpha value is -2.06. The van der Waals surface area contributed by atoms with Gasteiger partial charge in [-0.05, 0) is 45.8 Å². The lowest BCUT2D eigenvalue weighted by molar-refractivity contribution is 0.416. The molecule has 0 aromatic heterocycles. The molecule has 1 N–H and O–H groups in total. The summed E-state index contributed by atoms with van der Waals surface area (Å²) in [4.78, 5) is 0. The quantitative estimate of drug-likeness (QED) is 0.916. The molecule has 0 aliphatic carbocycles. The molecule has 5 heteroatoms. The molecule has 0 amide bonds. The number of para-hydroxylation sites is 1. The summed E-state index contributed by atoms with van der Waals surface area (Å²) in [5.74, 6) is 0.270. The molecule has 0 saturated carbocycles. The van der Waals surface area contributed by atoms with Gasteiger partial charge < -0.3 is 10.1 Å². The van der Waals surface area contributed by atoms with Crippen molar-refractivity contribution in [1.29, 1.82) is 5.26 Å². The highest BCUT2D eigenvalue weighted by Gasteiger charge is 2.09. The van der Waals surface area contributed by atoms with E-state index in [9.17, 15) is 4.39 Å². The van der Waals surface area contributed by atoms with E-state index in [0.717, 1.165) is 5.56 Å². The van der Waals surface area contributed by atoms with Gasteiger partial charge in [-0.1, -0.05) is 12.1 Å². The summed E-state index contributed by atoms with van der Waals surface area (Å²) in [5, 5.41) is 12.2. The first-order valence-corrected chi connectivity index (χ1v) is 6.70. The van der Waals surface area contributed by atoms with Crippen LogP contribution in [0.3, 0.4) is 0 Å². The summed E-state index contributed by atoms with van der Waals surface area (Å²) < 4.78 is 19.1. The standard InChI is InChI=1S/C15H12BrFN2O/c1-20-14-4-2-3-11(8-18)15(14)19-9-10-5-6-12(16)13(17)7-10/h2-7,19H,9H2,1H3. The lowest BCUT2D eigenvalue weighted by Gasteiger charge is -2.12. The number of ether oxygens (including phenoxy) is 1. The molecule has 0 saturated heterocycles. The van der Waals surface area contributed by atoms with Gasteiger partial charge in [0.1, 0.15) is 17.6 Å². The van der Waals surface area contributed by atoms with Crippen molar-refractivity contribution < 1.29 is 9.13 Å². The van der Waals surface area contributed by atoms with Crippen molar-refractivity contribution in [2.24, 2.45) is 0 Å². The summed E-state index contributed by atoms with van der Waals surface area (Å²) in [6, 6.07) is 12.2. The van der Waals surface area contributed by atoms with Crippen molar-refractivity contribution in [3.05, 3.63) is 57.8 Å². The van der Waals surface area contributed by atoms with Crippen LogP contribution in [0.2, 0.25) is 0 Å².